The van der Waals surface area contributed by atoms with E-state index in [0.29, 0.717) is 12.5 Å². The zero-order valence-corrected chi connectivity index (χ0v) is 15.5. The first-order valence-corrected chi connectivity index (χ1v) is 8.77. The molecule has 0 saturated carbocycles. The average Bonchev–Trinajstić information content (AvgIpc) is 2.58. The highest BCUT2D eigenvalue weighted by molar-refractivity contribution is 5.75. The summed E-state index contributed by atoms with van der Waals surface area (Å²) in [5.74, 6) is 1.23. The van der Waals surface area contributed by atoms with Crippen LogP contribution in [0.4, 0.5) is 0 Å². The van der Waals surface area contributed by atoms with Crippen LogP contribution in [-0.4, -0.2) is 17.6 Å². The van der Waals surface area contributed by atoms with Gasteiger partial charge in [-0.3, -0.25) is 4.79 Å². The third-order valence-electron chi connectivity index (χ3n) is 4.14. The lowest BCUT2D eigenvalue weighted by Gasteiger charge is -2.21. The standard InChI is InChI=1S/C21H27NO3/c1-5-24-20(23)21(3,4)14-6-7-17-10-13-19(22-15-17)25-18-11-8-16(2)9-12-18/h8-13,15H,5-7,14H2,1-4H3. The lowest BCUT2D eigenvalue weighted by Crippen LogP contribution is -2.26. The van der Waals surface area contributed by atoms with Crippen LogP contribution >= 0.6 is 0 Å². The molecule has 134 valence electrons. The number of benzene rings is 1. The molecule has 2 aromatic rings. The van der Waals surface area contributed by atoms with Crippen LogP contribution in [0, 0.1) is 12.3 Å². The highest BCUT2D eigenvalue weighted by Crippen LogP contribution is 2.26. The van der Waals surface area contributed by atoms with Gasteiger partial charge in [0.25, 0.3) is 0 Å². The van der Waals surface area contributed by atoms with E-state index in [2.05, 4.69) is 4.98 Å². The van der Waals surface area contributed by atoms with Gasteiger partial charge in [0.15, 0.2) is 0 Å². The lowest BCUT2D eigenvalue weighted by atomic mass is 9.87. The third kappa shape index (κ3) is 5.89. The molecule has 0 spiro atoms. The number of ether oxygens (including phenoxy) is 2. The Morgan fingerprint density at radius 2 is 1.84 bits per heavy atom. The van der Waals surface area contributed by atoms with Gasteiger partial charge in [-0.15, -0.1) is 0 Å². The van der Waals surface area contributed by atoms with Crippen LogP contribution in [0.2, 0.25) is 0 Å². The van der Waals surface area contributed by atoms with E-state index in [-0.39, 0.29) is 5.97 Å². The Labute approximate surface area is 150 Å². The number of carbonyl (C=O) groups is 1. The van der Waals surface area contributed by atoms with E-state index in [9.17, 15) is 4.79 Å². The van der Waals surface area contributed by atoms with E-state index in [1.54, 1.807) is 0 Å². The zero-order valence-electron chi connectivity index (χ0n) is 15.5. The molecule has 0 unspecified atom stereocenters. The van der Waals surface area contributed by atoms with Crippen LogP contribution in [-0.2, 0) is 16.0 Å². The topological polar surface area (TPSA) is 48.4 Å². The molecule has 0 fully saturated rings. The molecule has 0 aliphatic heterocycles. The summed E-state index contributed by atoms with van der Waals surface area (Å²) in [5, 5.41) is 0. The molecule has 1 aromatic heterocycles. The van der Waals surface area contributed by atoms with Gasteiger partial charge >= 0.3 is 5.97 Å². The number of esters is 1. The number of aryl methyl sites for hydroxylation is 2. The summed E-state index contributed by atoms with van der Waals surface area (Å²) in [7, 11) is 0. The van der Waals surface area contributed by atoms with Crippen LogP contribution in [0.1, 0.15) is 44.7 Å². The Morgan fingerprint density at radius 3 is 2.44 bits per heavy atom. The maximum atomic E-state index is 11.9. The predicted molar refractivity (Wildman–Crippen MR) is 98.8 cm³/mol. The highest BCUT2D eigenvalue weighted by atomic mass is 16.5. The molecule has 0 aliphatic rings. The monoisotopic (exact) mass is 341 g/mol. The normalized spacial score (nSPS) is 11.2. The molecule has 1 aromatic carbocycles. The Kier molecular flexibility index (Phi) is 6.57. The third-order valence-corrected chi connectivity index (χ3v) is 4.14. The largest absolute Gasteiger partial charge is 0.466 e. The maximum absolute atomic E-state index is 11.9. The number of nitrogens with zero attached hydrogens (tertiary/aromatic N) is 1. The maximum Gasteiger partial charge on any atom is 0.311 e. The Hall–Kier alpha value is -2.36. The molecule has 0 radical (unpaired) electrons. The van der Waals surface area contributed by atoms with Crippen molar-refractivity contribution >= 4 is 5.97 Å². The van der Waals surface area contributed by atoms with Crippen molar-refractivity contribution in [1.82, 2.24) is 4.98 Å². The lowest BCUT2D eigenvalue weighted by molar-refractivity contribution is -0.153. The van der Waals surface area contributed by atoms with Crippen LogP contribution in [0.25, 0.3) is 0 Å². The summed E-state index contributed by atoms with van der Waals surface area (Å²) in [6, 6.07) is 11.8. The second-order valence-corrected chi connectivity index (χ2v) is 6.88. The van der Waals surface area contributed by atoms with Gasteiger partial charge in [0.2, 0.25) is 5.88 Å². The van der Waals surface area contributed by atoms with Crippen molar-refractivity contribution in [2.45, 2.75) is 47.0 Å². The van der Waals surface area contributed by atoms with Crippen LogP contribution in [0.3, 0.4) is 0 Å². The van der Waals surface area contributed by atoms with E-state index in [1.165, 1.54) is 5.56 Å². The molecule has 0 atom stereocenters. The highest BCUT2D eigenvalue weighted by Gasteiger charge is 2.28. The molecule has 0 amide bonds. The molecule has 2 rings (SSSR count). The summed E-state index contributed by atoms with van der Waals surface area (Å²) in [6.07, 6.45) is 4.40. The molecule has 0 N–H and O–H groups in total. The van der Waals surface area contributed by atoms with E-state index >= 15 is 0 Å². The molecule has 4 heteroatoms. The fourth-order valence-electron chi connectivity index (χ4n) is 2.51. The molecular formula is C21H27NO3. The Morgan fingerprint density at radius 1 is 1.12 bits per heavy atom. The first-order chi connectivity index (χ1) is 11.9. The molecule has 4 nitrogen and oxygen atoms in total. The van der Waals surface area contributed by atoms with Crippen molar-refractivity contribution in [3.63, 3.8) is 0 Å². The van der Waals surface area contributed by atoms with Crippen molar-refractivity contribution < 1.29 is 14.3 Å². The van der Waals surface area contributed by atoms with E-state index in [0.717, 1.165) is 30.6 Å². The van der Waals surface area contributed by atoms with Crippen molar-refractivity contribution in [3.05, 3.63) is 53.7 Å². The van der Waals surface area contributed by atoms with Gasteiger partial charge in [0.05, 0.1) is 12.0 Å². The van der Waals surface area contributed by atoms with E-state index < -0.39 is 5.41 Å². The van der Waals surface area contributed by atoms with Gasteiger partial charge in [-0.1, -0.05) is 23.8 Å². The van der Waals surface area contributed by atoms with Gasteiger partial charge in [0.1, 0.15) is 5.75 Å². The molecule has 0 saturated heterocycles. The van der Waals surface area contributed by atoms with Gasteiger partial charge in [0, 0.05) is 12.3 Å². The minimum Gasteiger partial charge on any atom is -0.466 e. The van der Waals surface area contributed by atoms with Gasteiger partial charge in [-0.05, 0) is 64.7 Å². The summed E-state index contributed by atoms with van der Waals surface area (Å²) in [6.45, 7) is 8.16. The first-order valence-electron chi connectivity index (χ1n) is 8.77. The predicted octanol–water partition coefficient (Wildman–Crippen LogP) is 5.09. The fraction of sp³-hybridized carbons (Fsp3) is 0.429. The number of rotatable bonds is 8. The fourth-order valence-corrected chi connectivity index (χ4v) is 2.51. The van der Waals surface area contributed by atoms with Gasteiger partial charge in [-0.2, -0.15) is 0 Å². The number of carbonyl (C=O) groups excluding carboxylic acids is 1. The number of hydrogen-bond donors (Lipinski definition) is 0. The molecule has 25 heavy (non-hydrogen) atoms. The smallest absolute Gasteiger partial charge is 0.311 e. The van der Waals surface area contributed by atoms with Crippen molar-refractivity contribution in [3.8, 4) is 11.6 Å². The van der Waals surface area contributed by atoms with Crippen LogP contribution < -0.4 is 4.74 Å². The molecule has 1 heterocycles. The quantitative estimate of drug-likeness (QED) is 0.627. The van der Waals surface area contributed by atoms with Crippen LogP contribution in [0.5, 0.6) is 11.6 Å². The van der Waals surface area contributed by atoms with Crippen LogP contribution in [0.15, 0.2) is 42.6 Å². The number of pyridine rings is 1. The molecule has 0 aliphatic carbocycles. The number of aromatic nitrogens is 1. The van der Waals surface area contributed by atoms with Gasteiger partial charge < -0.3 is 9.47 Å². The van der Waals surface area contributed by atoms with E-state index in [1.807, 2.05) is 70.3 Å². The number of hydrogen-bond acceptors (Lipinski definition) is 4. The minimum absolute atomic E-state index is 0.130. The second-order valence-electron chi connectivity index (χ2n) is 6.88. The SMILES string of the molecule is CCOC(=O)C(C)(C)CCCc1ccc(Oc2ccc(C)cc2)nc1. The van der Waals surface area contributed by atoms with Crippen molar-refractivity contribution in [2.24, 2.45) is 5.41 Å². The Balaban J connectivity index is 1.84. The summed E-state index contributed by atoms with van der Waals surface area (Å²) in [4.78, 5) is 16.3. The van der Waals surface area contributed by atoms with Crippen molar-refractivity contribution in [1.29, 1.82) is 0 Å². The summed E-state index contributed by atoms with van der Waals surface area (Å²) in [5.41, 5.74) is 1.88. The summed E-state index contributed by atoms with van der Waals surface area (Å²) < 4.78 is 10.9. The second kappa shape index (κ2) is 8.65. The molecule has 0 bridgehead atoms. The van der Waals surface area contributed by atoms with E-state index in [4.69, 9.17) is 9.47 Å². The zero-order chi connectivity index (χ0) is 18.3. The minimum atomic E-state index is -0.446. The Bertz CT molecular complexity index is 675. The van der Waals surface area contributed by atoms with Crippen molar-refractivity contribution in [2.75, 3.05) is 6.61 Å². The first kappa shape index (κ1) is 19.0. The average molecular weight is 341 g/mol. The molecular weight excluding hydrogens is 314 g/mol. The summed E-state index contributed by atoms with van der Waals surface area (Å²) >= 11 is 0. The van der Waals surface area contributed by atoms with Gasteiger partial charge in [-0.25, -0.2) is 4.98 Å².